The minimum absolute atomic E-state index is 0.0487. The monoisotopic (exact) mass is 272 g/mol. The Morgan fingerprint density at radius 1 is 1.16 bits per heavy atom. The summed E-state index contributed by atoms with van der Waals surface area (Å²) < 4.78 is 21.5. The van der Waals surface area contributed by atoms with E-state index in [9.17, 15) is 9.59 Å². The van der Waals surface area contributed by atoms with E-state index in [1.807, 2.05) is 0 Å². The van der Waals surface area contributed by atoms with Crippen molar-refractivity contribution in [2.75, 3.05) is 26.4 Å². The third-order valence-corrected chi connectivity index (χ3v) is 3.30. The maximum absolute atomic E-state index is 11.4. The summed E-state index contributed by atoms with van der Waals surface area (Å²) in [7, 11) is 0. The molecule has 0 atom stereocenters. The van der Waals surface area contributed by atoms with Gasteiger partial charge >= 0.3 is 5.97 Å². The predicted octanol–water partition coefficient (Wildman–Crippen LogP) is 1.03. The van der Waals surface area contributed by atoms with Gasteiger partial charge in [0.15, 0.2) is 5.78 Å². The van der Waals surface area contributed by atoms with Crippen LogP contribution in [0, 0.1) is 5.41 Å². The molecule has 3 aliphatic rings. The molecule has 0 aliphatic carbocycles. The Kier molecular flexibility index (Phi) is 4.23. The SMILES string of the molecule is CC(=O)OCC(=O)CCCC12OCC(C)(CO1)CO2. The molecular weight excluding hydrogens is 252 g/mol. The first-order valence-corrected chi connectivity index (χ1v) is 6.50. The van der Waals surface area contributed by atoms with E-state index in [1.165, 1.54) is 6.92 Å². The number of carbonyl (C=O) groups excluding carboxylic acids is 2. The fourth-order valence-corrected chi connectivity index (χ4v) is 2.08. The third kappa shape index (κ3) is 3.75. The van der Waals surface area contributed by atoms with Gasteiger partial charge in [0.2, 0.25) is 0 Å². The summed E-state index contributed by atoms with van der Waals surface area (Å²) in [6.07, 6.45) is 1.41. The number of hydrogen-bond donors (Lipinski definition) is 0. The van der Waals surface area contributed by atoms with Gasteiger partial charge in [-0.05, 0) is 6.42 Å². The van der Waals surface area contributed by atoms with Crippen LogP contribution in [0.3, 0.4) is 0 Å². The maximum Gasteiger partial charge on any atom is 0.303 e. The lowest BCUT2D eigenvalue weighted by molar-refractivity contribution is -0.467. The highest BCUT2D eigenvalue weighted by atomic mass is 16.9. The molecule has 2 bridgehead atoms. The molecule has 108 valence electrons. The molecule has 3 heterocycles. The molecule has 3 fully saturated rings. The van der Waals surface area contributed by atoms with Crippen LogP contribution in [0.25, 0.3) is 0 Å². The molecule has 0 unspecified atom stereocenters. The van der Waals surface area contributed by atoms with Crippen LogP contribution in [0.5, 0.6) is 0 Å². The number of rotatable bonds is 6. The summed E-state index contributed by atoms with van der Waals surface area (Å²) in [6, 6.07) is 0. The number of carbonyl (C=O) groups is 2. The van der Waals surface area contributed by atoms with Crippen LogP contribution < -0.4 is 0 Å². The highest BCUT2D eigenvalue weighted by Crippen LogP contribution is 2.40. The van der Waals surface area contributed by atoms with Crippen LogP contribution in [0.4, 0.5) is 0 Å². The smallest absolute Gasteiger partial charge is 0.303 e. The van der Waals surface area contributed by atoms with Gasteiger partial charge in [-0.3, -0.25) is 9.59 Å². The maximum atomic E-state index is 11.4. The van der Waals surface area contributed by atoms with Gasteiger partial charge in [0.05, 0.1) is 19.8 Å². The lowest BCUT2D eigenvalue weighted by Crippen LogP contribution is -2.58. The fourth-order valence-electron chi connectivity index (χ4n) is 2.08. The first-order chi connectivity index (χ1) is 8.93. The summed E-state index contributed by atoms with van der Waals surface area (Å²) >= 11 is 0. The van der Waals surface area contributed by atoms with E-state index < -0.39 is 11.9 Å². The first kappa shape index (κ1) is 14.4. The van der Waals surface area contributed by atoms with E-state index in [-0.39, 0.29) is 17.8 Å². The minimum Gasteiger partial charge on any atom is -0.458 e. The lowest BCUT2D eigenvalue weighted by atomic mass is 9.91. The Labute approximate surface area is 112 Å². The van der Waals surface area contributed by atoms with Gasteiger partial charge in [-0.1, -0.05) is 6.92 Å². The summed E-state index contributed by atoms with van der Waals surface area (Å²) in [5.74, 6) is -1.52. The van der Waals surface area contributed by atoms with Gasteiger partial charge in [0, 0.05) is 25.2 Å². The molecule has 0 aromatic carbocycles. The molecular formula is C13H20O6. The molecule has 3 aliphatic heterocycles. The summed E-state index contributed by atoms with van der Waals surface area (Å²) in [5, 5.41) is 0. The second-order valence-corrected chi connectivity index (χ2v) is 5.53. The topological polar surface area (TPSA) is 71.1 Å². The van der Waals surface area contributed by atoms with Crippen molar-refractivity contribution in [1.82, 2.24) is 0 Å². The number of fused-ring (bicyclic) bond motifs is 3. The number of hydrogen-bond acceptors (Lipinski definition) is 6. The molecule has 0 N–H and O–H groups in total. The Morgan fingerprint density at radius 2 is 1.74 bits per heavy atom. The third-order valence-electron chi connectivity index (χ3n) is 3.30. The largest absolute Gasteiger partial charge is 0.458 e. The van der Waals surface area contributed by atoms with Crippen molar-refractivity contribution in [2.24, 2.45) is 5.41 Å². The van der Waals surface area contributed by atoms with Crippen LogP contribution in [-0.4, -0.2) is 44.2 Å². The molecule has 3 rings (SSSR count). The van der Waals surface area contributed by atoms with Gasteiger partial charge in [0.25, 0.3) is 5.97 Å². The van der Waals surface area contributed by atoms with Crippen LogP contribution in [-0.2, 0) is 28.5 Å². The van der Waals surface area contributed by atoms with E-state index in [0.717, 1.165) is 0 Å². The zero-order valence-corrected chi connectivity index (χ0v) is 11.4. The number of esters is 1. The molecule has 6 nitrogen and oxygen atoms in total. The fraction of sp³-hybridized carbons (Fsp3) is 0.846. The minimum atomic E-state index is -0.973. The van der Waals surface area contributed by atoms with Crippen LogP contribution in [0.1, 0.15) is 33.1 Å². The molecule has 0 amide bonds. The first-order valence-electron chi connectivity index (χ1n) is 6.50. The number of ether oxygens (including phenoxy) is 4. The van der Waals surface area contributed by atoms with Crippen molar-refractivity contribution in [3.8, 4) is 0 Å². The molecule has 6 heteroatoms. The van der Waals surface area contributed by atoms with E-state index in [4.69, 9.17) is 14.2 Å². The van der Waals surface area contributed by atoms with Crippen molar-refractivity contribution in [1.29, 1.82) is 0 Å². The van der Waals surface area contributed by atoms with Crippen molar-refractivity contribution >= 4 is 11.8 Å². The Bertz CT molecular complexity index is 340. The second kappa shape index (κ2) is 5.56. The molecule has 0 spiro atoms. The van der Waals surface area contributed by atoms with E-state index in [0.29, 0.717) is 39.1 Å². The predicted molar refractivity (Wildman–Crippen MR) is 64.2 cm³/mol. The molecule has 19 heavy (non-hydrogen) atoms. The lowest BCUT2D eigenvalue weighted by Gasteiger charge is -2.50. The highest BCUT2D eigenvalue weighted by Gasteiger charge is 2.49. The Morgan fingerprint density at radius 3 is 2.26 bits per heavy atom. The van der Waals surface area contributed by atoms with Crippen LogP contribution >= 0.6 is 0 Å². The molecule has 3 saturated heterocycles. The number of Topliss-reactive ketones (excluding diaryl/α,β-unsaturated/α-hetero) is 1. The summed E-state index contributed by atoms with van der Waals surface area (Å²) in [6.45, 7) is 5.03. The van der Waals surface area contributed by atoms with Crippen molar-refractivity contribution in [3.63, 3.8) is 0 Å². The molecule has 0 aromatic rings. The van der Waals surface area contributed by atoms with Gasteiger partial charge < -0.3 is 18.9 Å². The second-order valence-electron chi connectivity index (χ2n) is 5.53. The molecule has 0 radical (unpaired) electrons. The zero-order valence-electron chi connectivity index (χ0n) is 11.4. The summed E-state index contributed by atoms with van der Waals surface area (Å²) in [4.78, 5) is 22.0. The zero-order chi connectivity index (χ0) is 13.9. The van der Waals surface area contributed by atoms with Gasteiger partial charge in [-0.15, -0.1) is 0 Å². The van der Waals surface area contributed by atoms with Crippen molar-refractivity contribution < 1.29 is 28.5 Å². The van der Waals surface area contributed by atoms with Gasteiger partial charge in [-0.2, -0.15) is 0 Å². The highest BCUT2D eigenvalue weighted by molar-refractivity contribution is 5.81. The average Bonchev–Trinajstić information content (AvgIpc) is 2.38. The van der Waals surface area contributed by atoms with E-state index in [2.05, 4.69) is 11.7 Å². The normalized spacial score (nSPS) is 33.2. The van der Waals surface area contributed by atoms with E-state index >= 15 is 0 Å². The van der Waals surface area contributed by atoms with E-state index in [1.54, 1.807) is 0 Å². The Hall–Kier alpha value is -0.980. The standard InChI is InChI=1S/C13H20O6/c1-10(14)16-6-11(15)4-3-5-13-17-7-12(2,8-18-13)9-19-13/h3-9H2,1-2H3. The van der Waals surface area contributed by atoms with Gasteiger partial charge in [0.1, 0.15) is 6.61 Å². The van der Waals surface area contributed by atoms with Gasteiger partial charge in [-0.25, -0.2) is 0 Å². The number of ketones is 1. The van der Waals surface area contributed by atoms with Crippen molar-refractivity contribution in [2.45, 2.75) is 39.1 Å². The van der Waals surface area contributed by atoms with Crippen molar-refractivity contribution in [3.05, 3.63) is 0 Å². The van der Waals surface area contributed by atoms with Crippen LogP contribution in [0.15, 0.2) is 0 Å². The summed E-state index contributed by atoms with van der Waals surface area (Å²) in [5.41, 5.74) is -0.0487. The van der Waals surface area contributed by atoms with Crippen LogP contribution in [0.2, 0.25) is 0 Å². The average molecular weight is 272 g/mol. The molecule has 0 saturated carbocycles. The quantitative estimate of drug-likeness (QED) is 0.672. The Balaban J connectivity index is 1.68. The molecule has 0 aromatic heterocycles.